The minimum atomic E-state index is 0.404. The van der Waals surface area contributed by atoms with Gasteiger partial charge in [0.05, 0.1) is 91.6 Å². The van der Waals surface area contributed by atoms with E-state index in [1.807, 2.05) is 133 Å². The Hall–Kier alpha value is -11.7. The summed E-state index contributed by atoms with van der Waals surface area (Å²) in [6.45, 7) is 0. The van der Waals surface area contributed by atoms with Crippen molar-refractivity contribution in [2.75, 3.05) is 0 Å². The lowest BCUT2D eigenvalue weighted by atomic mass is 9.94. The van der Waals surface area contributed by atoms with Crippen molar-refractivity contribution in [1.29, 1.82) is 26.3 Å². The van der Waals surface area contributed by atoms with Gasteiger partial charge in [0, 0.05) is 49.4 Å². The largest absolute Gasteiger partial charge is 0.309 e. The summed E-state index contributed by atoms with van der Waals surface area (Å²) < 4.78 is 4.44. The van der Waals surface area contributed by atoms with Gasteiger partial charge in [-0.1, -0.05) is 127 Å². The molecule has 0 atom stereocenters. The molecule has 0 unspecified atom stereocenters. The molecule has 0 saturated carbocycles. The van der Waals surface area contributed by atoms with E-state index in [-0.39, 0.29) is 0 Å². The summed E-state index contributed by atoms with van der Waals surface area (Å²) >= 11 is 0. The van der Waals surface area contributed by atoms with E-state index in [1.165, 1.54) is 0 Å². The number of hydrogen-bond donors (Lipinski definition) is 0. The second-order valence-electron chi connectivity index (χ2n) is 18.7. The van der Waals surface area contributed by atoms with Crippen molar-refractivity contribution in [3.63, 3.8) is 0 Å². The van der Waals surface area contributed by atoms with Crippen LogP contribution in [0.25, 0.3) is 123 Å². The van der Waals surface area contributed by atoms with Gasteiger partial charge in [-0.3, -0.25) is 0 Å². The number of fused-ring (bicyclic) bond motifs is 6. The van der Waals surface area contributed by atoms with Crippen LogP contribution in [0.3, 0.4) is 0 Å². The number of para-hydroxylation sites is 2. The first-order chi connectivity index (χ1) is 38.4. The summed E-state index contributed by atoms with van der Waals surface area (Å²) in [7, 11) is 0. The molecule has 13 aromatic rings. The monoisotopic (exact) mass is 992 g/mol. The van der Waals surface area contributed by atoms with Gasteiger partial charge in [-0.2, -0.15) is 26.3 Å². The van der Waals surface area contributed by atoms with E-state index >= 15 is 0 Å². The molecule has 3 aromatic heterocycles. The van der Waals surface area contributed by atoms with Crippen LogP contribution in [0.5, 0.6) is 0 Å². The molecule has 10 aromatic carbocycles. The highest BCUT2D eigenvalue weighted by Gasteiger charge is 2.25. The van der Waals surface area contributed by atoms with E-state index in [2.05, 4.69) is 100 Å². The lowest BCUT2D eigenvalue weighted by Crippen LogP contribution is -2.05. The zero-order valence-corrected chi connectivity index (χ0v) is 41.3. The van der Waals surface area contributed by atoms with Gasteiger partial charge in [-0.15, -0.1) is 0 Å². The van der Waals surface area contributed by atoms with Crippen LogP contribution in [-0.2, 0) is 0 Å². The molecule has 358 valence electrons. The first-order valence-corrected chi connectivity index (χ1v) is 25.0. The summed E-state index contributed by atoms with van der Waals surface area (Å²) in [5, 5.41) is 55.0. The summed E-state index contributed by atoms with van der Waals surface area (Å²) in [4.78, 5) is 15.3. The van der Waals surface area contributed by atoms with Gasteiger partial charge in [-0.25, -0.2) is 15.0 Å². The first kappa shape index (κ1) is 46.1. The van der Waals surface area contributed by atoms with Crippen LogP contribution < -0.4 is 0 Å². The van der Waals surface area contributed by atoms with Crippen LogP contribution in [0.1, 0.15) is 27.8 Å². The van der Waals surface area contributed by atoms with Crippen molar-refractivity contribution < 1.29 is 0 Å². The van der Waals surface area contributed by atoms with Gasteiger partial charge in [0.25, 0.3) is 0 Å². The molecule has 0 aliphatic carbocycles. The second-order valence-corrected chi connectivity index (χ2v) is 18.7. The highest BCUT2D eigenvalue weighted by molar-refractivity contribution is 6.13. The Bertz CT molecular complexity index is 4800. The maximum Gasteiger partial charge on any atom is 0.164 e. The minimum absolute atomic E-state index is 0.404. The Morgan fingerprint density at radius 3 is 1.23 bits per heavy atom. The molecule has 13 rings (SSSR count). The van der Waals surface area contributed by atoms with Crippen LogP contribution in [0.15, 0.2) is 218 Å². The van der Waals surface area contributed by atoms with Crippen molar-refractivity contribution in [2.45, 2.75) is 0 Å². The van der Waals surface area contributed by atoms with E-state index in [4.69, 9.17) is 15.0 Å². The van der Waals surface area contributed by atoms with Crippen LogP contribution in [0.4, 0.5) is 0 Å². The summed E-state index contributed by atoms with van der Waals surface area (Å²) in [5.41, 5.74) is 14.0. The quantitative estimate of drug-likeness (QED) is 0.145. The predicted octanol–water partition coefficient (Wildman–Crippen LogP) is 15.4. The lowest BCUT2D eigenvalue weighted by molar-refractivity contribution is 1.07. The molecule has 0 amide bonds. The summed E-state index contributed by atoms with van der Waals surface area (Å²) in [5.74, 6) is 1.46. The fourth-order valence-corrected chi connectivity index (χ4v) is 10.8. The van der Waals surface area contributed by atoms with E-state index in [0.717, 1.165) is 88.4 Å². The van der Waals surface area contributed by atoms with Crippen LogP contribution in [0.2, 0.25) is 0 Å². The van der Waals surface area contributed by atoms with Gasteiger partial charge in [0.2, 0.25) is 0 Å². The van der Waals surface area contributed by atoms with E-state index < -0.39 is 0 Å². The van der Waals surface area contributed by atoms with E-state index in [0.29, 0.717) is 62.0 Å². The Morgan fingerprint density at radius 1 is 0.282 bits per heavy atom. The summed E-state index contributed by atoms with van der Waals surface area (Å²) in [6.07, 6.45) is 0. The van der Waals surface area contributed by atoms with Crippen molar-refractivity contribution in [3.05, 3.63) is 246 Å². The second kappa shape index (κ2) is 18.9. The fourth-order valence-electron chi connectivity index (χ4n) is 10.8. The third kappa shape index (κ3) is 7.66. The van der Waals surface area contributed by atoms with Gasteiger partial charge in [0.1, 0.15) is 0 Å². The zero-order valence-electron chi connectivity index (χ0n) is 41.3. The maximum absolute atomic E-state index is 11.4. The van der Waals surface area contributed by atoms with Gasteiger partial charge in [0.15, 0.2) is 17.5 Å². The number of hydrogen-bond acceptors (Lipinski definition) is 8. The number of nitrogens with zero attached hydrogens (tertiary/aromatic N) is 10. The molecule has 0 aliphatic rings. The number of benzene rings is 10. The van der Waals surface area contributed by atoms with Crippen molar-refractivity contribution >= 4 is 43.6 Å². The summed E-state index contributed by atoms with van der Waals surface area (Å²) in [6, 6.07) is 82.2. The molecule has 10 heteroatoms. The molecule has 78 heavy (non-hydrogen) atoms. The Morgan fingerprint density at radius 2 is 0.731 bits per heavy atom. The van der Waals surface area contributed by atoms with Crippen molar-refractivity contribution in [2.24, 2.45) is 0 Å². The molecule has 10 nitrogen and oxygen atoms in total. The topological polar surface area (TPSA) is 167 Å². The van der Waals surface area contributed by atoms with Crippen LogP contribution in [0, 0.1) is 56.7 Å². The molecule has 3 heterocycles. The number of nitriles is 5. The average Bonchev–Trinajstić information content (AvgIpc) is 4.25. The van der Waals surface area contributed by atoms with Gasteiger partial charge >= 0.3 is 0 Å². The molecule has 0 saturated heterocycles. The normalized spacial score (nSPS) is 11.0. The molecule has 0 N–H and O–H groups in total. The number of rotatable bonds is 8. The molecule has 0 aliphatic heterocycles. The first-order valence-electron chi connectivity index (χ1n) is 25.0. The zero-order chi connectivity index (χ0) is 52.9. The maximum atomic E-state index is 11.4. The molecular weight excluding hydrogens is 957 g/mol. The Balaban J connectivity index is 1.10. The lowest BCUT2D eigenvalue weighted by Gasteiger charge is -2.20. The smallest absolute Gasteiger partial charge is 0.164 e. The van der Waals surface area contributed by atoms with Gasteiger partial charge in [-0.05, 0) is 113 Å². The third-order valence-corrected chi connectivity index (χ3v) is 14.4. The highest BCUT2D eigenvalue weighted by Crippen LogP contribution is 2.45. The standard InChI is InChI=1S/C68H36N10/c69-37-42-22-27-52(50(32-42)40-72)46-24-29-61-56(34-46)54-17-7-9-19-59(54)77(61)63-31-26-48(68-75-66(44-12-3-1-4-13-44)74-67(76-68)45-14-5-2-6-15-45)36-58(63)65-49(39-71)16-11-21-64(65)78-60-20-10-8-18-55(60)57-35-47(25-30-62(57)78)53-28-23-43(38-70)33-51(53)41-73/h1-36H. The Labute approximate surface area is 447 Å². The van der Waals surface area contributed by atoms with E-state index in [1.54, 1.807) is 24.3 Å². The molecule has 0 fully saturated rings. The number of aromatic nitrogens is 5. The molecule has 0 spiro atoms. The van der Waals surface area contributed by atoms with Crippen molar-refractivity contribution in [3.8, 4) is 109 Å². The van der Waals surface area contributed by atoms with Crippen LogP contribution in [-0.4, -0.2) is 24.1 Å². The fraction of sp³-hybridized carbons (Fsp3) is 0. The van der Waals surface area contributed by atoms with E-state index in [9.17, 15) is 26.3 Å². The minimum Gasteiger partial charge on any atom is -0.309 e. The molecule has 0 bridgehead atoms. The molecule has 0 radical (unpaired) electrons. The third-order valence-electron chi connectivity index (χ3n) is 14.4. The predicted molar refractivity (Wildman–Crippen MR) is 305 cm³/mol. The molecular formula is C68H36N10. The highest BCUT2D eigenvalue weighted by atomic mass is 15.0. The van der Waals surface area contributed by atoms with Crippen LogP contribution >= 0.6 is 0 Å². The average molecular weight is 993 g/mol. The SMILES string of the molecule is N#Cc1ccc(-c2ccc3c(c2)c2ccccc2n3-c2ccc(-c3nc(-c4ccccc4)nc(-c4ccccc4)n3)cc2-c2c(C#N)cccc2-n2c3ccccc3c3cc(-c4ccc(C#N)cc4C#N)ccc32)c(C#N)c1. The Kier molecular flexibility index (Phi) is 11.2. The van der Waals surface area contributed by atoms with Crippen molar-refractivity contribution in [1.82, 2.24) is 24.1 Å². The van der Waals surface area contributed by atoms with Gasteiger partial charge < -0.3 is 9.13 Å².